The number of carbonyl (C=O) groups is 1. The predicted octanol–water partition coefficient (Wildman–Crippen LogP) is 3.56. The molecule has 0 saturated heterocycles. The van der Waals surface area contributed by atoms with Gasteiger partial charge in [0.15, 0.2) is 0 Å². The normalized spacial score (nSPS) is 16.2. The van der Waals surface area contributed by atoms with Crippen molar-refractivity contribution in [2.45, 2.75) is 52.2 Å². The summed E-state index contributed by atoms with van der Waals surface area (Å²) >= 11 is 0. The molecule has 0 aliphatic heterocycles. The Morgan fingerprint density at radius 2 is 2.09 bits per heavy atom. The molecule has 0 radical (unpaired) electrons. The van der Waals surface area contributed by atoms with Gasteiger partial charge < -0.3 is 15.2 Å². The highest BCUT2D eigenvalue weighted by atomic mass is 16.3. The van der Waals surface area contributed by atoms with Crippen molar-refractivity contribution < 1.29 is 15.0 Å². The first-order valence-corrected chi connectivity index (χ1v) is 7.80. The van der Waals surface area contributed by atoms with Crippen LogP contribution in [0.2, 0.25) is 0 Å². The number of H-pyrrole nitrogens is 1. The standard InChI is InChI=1S/C19H27NO3/c1-14(2)7-5-11-19(4,23)18(22)10-9-15(3)13-17(21)16-8-6-12-20-16/h6-10,12-13,18,20,22-23H,5,11H2,1-4H3/b10-9+,15-13-. The van der Waals surface area contributed by atoms with E-state index >= 15 is 0 Å². The van der Waals surface area contributed by atoms with Gasteiger partial charge in [-0.25, -0.2) is 0 Å². The zero-order chi connectivity index (χ0) is 17.5. The lowest BCUT2D eigenvalue weighted by atomic mass is 9.92. The molecule has 23 heavy (non-hydrogen) atoms. The van der Waals surface area contributed by atoms with Crippen molar-refractivity contribution in [1.29, 1.82) is 0 Å². The summed E-state index contributed by atoms with van der Waals surface area (Å²) in [5.41, 5.74) is 1.22. The van der Waals surface area contributed by atoms with Crippen molar-refractivity contribution in [2.75, 3.05) is 0 Å². The third kappa shape index (κ3) is 6.80. The molecule has 4 heteroatoms. The zero-order valence-corrected chi connectivity index (χ0v) is 14.3. The number of aliphatic hydroxyl groups excluding tert-OH is 1. The van der Waals surface area contributed by atoms with E-state index in [9.17, 15) is 15.0 Å². The Balaban J connectivity index is 2.63. The van der Waals surface area contributed by atoms with E-state index in [0.29, 0.717) is 24.1 Å². The van der Waals surface area contributed by atoms with Crippen LogP contribution in [0, 0.1) is 0 Å². The monoisotopic (exact) mass is 317 g/mol. The number of allylic oxidation sites excluding steroid dienone is 5. The van der Waals surface area contributed by atoms with Gasteiger partial charge in [0, 0.05) is 6.20 Å². The third-order valence-electron chi connectivity index (χ3n) is 3.60. The average Bonchev–Trinajstić information content (AvgIpc) is 2.98. The summed E-state index contributed by atoms with van der Waals surface area (Å²) in [6.45, 7) is 7.40. The molecular weight excluding hydrogens is 290 g/mol. The fourth-order valence-electron chi connectivity index (χ4n) is 2.07. The molecule has 0 saturated carbocycles. The van der Waals surface area contributed by atoms with Gasteiger partial charge in [0.2, 0.25) is 5.78 Å². The van der Waals surface area contributed by atoms with Crippen molar-refractivity contribution in [3.05, 3.63) is 59.5 Å². The molecule has 0 amide bonds. The van der Waals surface area contributed by atoms with E-state index in [4.69, 9.17) is 0 Å². The molecule has 126 valence electrons. The molecule has 0 fully saturated rings. The van der Waals surface area contributed by atoms with Crippen LogP contribution >= 0.6 is 0 Å². The van der Waals surface area contributed by atoms with Gasteiger partial charge in [-0.2, -0.15) is 0 Å². The molecule has 0 spiro atoms. The van der Waals surface area contributed by atoms with E-state index in [1.54, 1.807) is 38.3 Å². The van der Waals surface area contributed by atoms with Crippen LogP contribution in [-0.4, -0.2) is 32.7 Å². The van der Waals surface area contributed by atoms with Gasteiger partial charge in [0.05, 0.1) is 11.3 Å². The smallest absolute Gasteiger partial charge is 0.202 e. The van der Waals surface area contributed by atoms with Crippen LogP contribution in [0.1, 0.15) is 51.0 Å². The van der Waals surface area contributed by atoms with Gasteiger partial charge in [0.25, 0.3) is 0 Å². The number of aliphatic hydroxyl groups is 2. The maximum Gasteiger partial charge on any atom is 0.202 e. The minimum absolute atomic E-state index is 0.123. The van der Waals surface area contributed by atoms with Crippen LogP contribution in [0.25, 0.3) is 0 Å². The molecular formula is C19H27NO3. The van der Waals surface area contributed by atoms with Crippen molar-refractivity contribution >= 4 is 5.78 Å². The lowest BCUT2D eigenvalue weighted by Gasteiger charge is -2.26. The molecule has 2 unspecified atom stereocenters. The van der Waals surface area contributed by atoms with E-state index < -0.39 is 11.7 Å². The predicted molar refractivity (Wildman–Crippen MR) is 93.3 cm³/mol. The second kappa shape index (κ2) is 8.65. The number of aromatic amines is 1. The van der Waals surface area contributed by atoms with E-state index in [-0.39, 0.29) is 5.78 Å². The number of carbonyl (C=O) groups excluding carboxylic acids is 1. The van der Waals surface area contributed by atoms with Crippen LogP contribution < -0.4 is 0 Å². The zero-order valence-electron chi connectivity index (χ0n) is 14.3. The molecule has 0 bridgehead atoms. The van der Waals surface area contributed by atoms with Gasteiger partial charge in [-0.15, -0.1) is 0 Å². The lowest BCUT2D eigenvalue weighted by Crippen LogP contribution is -2.37. The first kappa shape index (κ1) is 19.1. The lowest BCUT2D eigenvalue weighted by molar-refractivity contribution is -0.0427. The maximum atomic E-state index is 11.9. The van der Waals surface area contributed by atoms with Gasteiger partial charge in [-0.05, 0) is 64.3 Å². The number of nitrogens with one attached hydrogen (secondary N) is 1. The highest BCUT2D eigenvalue weighted by Gasteiger charge is 2.27. The molecule has 1 rings (SSSR count). The topological polar surface area (TPSA) is 73.3 Å². The molecule has 0 aliphatic rings. The second-order valence-electron chi connectivity index (χ2n) is 6.32. The summed E-state index contributed by atoms with van der Waals surface area (Å²) in [6.07, 6.45) is 8.58. The van der Waals surface area contributed by atoms with Gasteiger partial charge in [-0.3, -0.25) is 4.79 Å². The van der Waals surface area contributed by atoms with Gasteiger partial charge in [0.1, 0.15) is 6.10 Å². The summed E-state index contributed by atoms with van der Waals surface area (Å²) in [4.78, 5) is 14.8. The third-order valence-corrected chi connectivity index (χ3v) is 3.60. The van der Waals surface area contributed by atoms with Crippen molar-refractivity contribution in [2.24, 2.45) is 0 Å². The molecule has 4 nitrogen and oxygen atoms in total. The van der Waals surface area contributed by atoms with E-state index in [2.05, 4.69) is 4.98 Å². The summed E-state index contributed by atoms with van der Waals surface area (Å²) < 4.78 is 0. The highest BCUT2D eigenvalue weighted by molar-refractivity contribution is 6.03. The minimum Gasteiger partial charge on any atom is -0.387 e. The molecule has 2 atom stereocenters. The Morgan fingerprint density at radius 3 is 2.65 bits per heavy atom. The highest BCUT2D eigenvalue weighted by Crippen LogP contribution is 2.19. The molecule has 0 aliphatic carbocycles. The van der Waals surface area contributed by atoms with Gasteiger partial charge >= 0.3 is 0 Å². The molecule has 1 aromatic rings. The largest absolute Gasteiger partial charge is 0.387 e. The summed E-state index contributed by atoms with van der Waals surface area (Å²) in [5.74, 6) is -0.123. The molecule has 3 N–H and O–H groups in total. The summed E-state index contributed by atoms with van der Waals surface area (Å²) in [5, 5.41) is 20.5. The van der Waals surface area contributed by atoms with E-state index in [1.165, 1.54) is 17.7 Å². The minimum atomic E-state index is -1.20. The fraction of sp³-hybridized carbons (Fsp3) is 0.421. The van der Waals surface area contributed by atoms with Crippen LogP contribution in [0.5, 0.6) is 0 Å². The quantitative estimate of drug-likeness (QED) is 0.297. The Hall–Kier alpha value is -1.91. The number of ketones is 1. The molecule has 1 heterocycles. The Morgan fingerprint density at radius 1 is 1.39 bits per heavy atom. The van der Waals surface area contributed by atoms with Crippen LogP contribution in [0.15, 0.2) is 53.8 Å². The van der Waals surface area contributed by atoms with Crippen molar-refractivity contribution in [3.8, 4) is 0 Å². The number of hydrogen-bond donors (Lipinski definition) is 3. The second-order valence-corrected chi connectivity index (χ2v) is 6.32. The van der Waals surface area contributed by atoms with E-state index in [0.717, 1.165) is 0 Å². The number of hydrogen-bond acceptors (Lipinski definition) is 3. The Kier molecular flexibility index (Phi) is 7.20. The summed E-state index contributed by atoms with van der Waals surface area (Å²) in [7, 11) is 0. The number of rotatable bonds is 8. The molecule has 1 aromatic heterocycles. The Labute approximate surface area is 138 Å². The first-order chi connectivity index (χ1) is 10.7. The van der Waals surface area contributed by atoms with Crippen LogP contribution in [0.4, 0.5) is 0 Å². The summed E-state index contributed by atoms with van der Waals surface area (Å²) in [6, 6.07) is 3.47. The number of aromatic nitrogens is 1. The van der Waals surface area contributed by atoms with Gasteiger partial charge in [-0.1, -0.05) is 23.8 Å². The average molecular weight is 317 g/mol. The van der Waals surface area contributed by atoms with Crippen molar-refractivity contribution in [3.63, 3.8) is 0 Å². The fourth-order valence-corrected chi connectivity index (χ4v) is 2.07. The van der Waals surface area contributed by atoms with E-state index in [1.807, 2.05) is 19.9 Å². The van der Waals surface area contributed by atoms with Crippen LogP contribution in [0.3, 0.4) is 0 Å². The van der Waals surface area contributed by atoms with Crippen molar-refractivity contribution in [1.82, 2.24) is 4.98 Å². The Bertz CT molecular complexity index is 588. The SMILES string of the molecule is CC(C)=CCCC(C)(O)C(O)/C=C/C(C)=C\C(=O)c1ccc[nH]1. The maximum absolute atomic E-state index is 11.9. The molecule has 0 aromatic carbocycles. The van der Waals surface area contributed by atoms with Crippen LogP contribution in [-0.2, 0) is 0 Å². The first-order valence-electron chi connectivity index (χ1n) is 7.80.